The lowest BCUT2D eigenvalue weighted by molar-refractivity contribution is 0.0635. The molecule has 2 aliphatic heterocycles. The molecule has 0 saturated carbocycles. The van der Waals surface area contributed by atoms with Gasteiger partial charge in [-0.05, 0) is 80.0 Å². The fourth-order valence-electron chi connectivity index (χ4n) is 5.29. The van der Waals surface area contributed by atoms with Crippen molar-refractivity contribution in [2.45, 2.75) is 50.6 Å². The maximum Gasteiger partial charge on any atom is 0.254 e. The Morgan fingerprint density at radius 1 is 1.14 bits per heavy atom. The Bertz CT molecular complexity index is 952. The van der Waals surface area contributed by atoms with Crippen LogP contribution in [0.15, 0.2) is 54.6 Å². The van der Waals surface area contributed by atoms with E-state index in [1.54, 1.807) is 0 Å². The van der Waals surface area contributed by atoms with Gasteiger partial charge in [-0.3, -0.25) is 4.79 Å². The van der Waals surface area contributed by atoms with Crippen molar-refractivity contribution in [3.8, 4) is 0 Å². The van der Waals surface area contributed by atoms with Crippen LogP contribution in [0.3, 0.4) is 0 Å². The summed E-state index contributed by atoms with van der Waals surface area (Å²) in [5.41, 5.74) is 4.48. The van der Waals surface area contributed by atoms with Gasteiger partial charge in [0, 0.05) is 34.8 Å². The number of carbonyl (C=O) groups excluding carboxylic acids is 1. The quantitative estimate of drug-likeness (QED) is 0.604. The Morgan fingerprint density at radius 2 is 1.97 bits per heavy atom. The summed E-state index contributed by atoms with van der Waals surface area (Å²) in [6.07, 6.45) is 9.10. The zero-order valence-electron chi connectivity index (χ0n) is 16.8. The fraction of sp³-hybridized carbons (Fsp3) is 0.400. The molecule has 3 nitrogen and oxygen atoms in total. The number of hydrogen-bond acceptors (Lipinski definition) is 2. The SMILES string of the molecule is C[C@H]1CCCCN1C(=O)c1ccc2c(c1)[C@H]1C=CC[C@H]1[C@H](c1ccc(Cl)cc1)N2. The summed E-state index contributed by atoms with van der Waals surface area (Å²) < 4.78 is 0. The van der Waals surface area contributed by atoms with Crippen LogP contribution in [0.5, 0.6) is 0 Å². The van der Waals surface area contributed by atoms with Crippen molar-refractivity contribution >= 4 is 23.2 Å². The number of piperidine rings is 1. The van der Waals surface area contributed by atoms with E-state index in [-0.39, 0.29) is 11.9 Å². The molecule has 1 aliphatic carbocycles. The zero-order valence-corrected chi connectivity index (χ0v) is 17.5. The number of amides is 1. The van der Waals surface area contributed by atoms with E-state index >= 15 is 0 Å². The molecule has 4 heteroatoms. The normalized spacial score (nSPS) is 27.9. The van der Waals surface area contributed by atoms with E-state index in [0.717, 1.165) is 42.1 Å². The maximum atomic E-state index is 13.2. The molecule has 0 aromatic heterocycles. The average molecular weight is 407 g/mol. The van der Waals surface area contributed by atoms with E-state index in [9.17, 15) is 4.79 Å². The Morgan fingerprint density at radius 3 is 2.76 bits per heavy atom. The van der Waals surface area contributed by atoms with Gasteiger partial charge in [0.2, 0.25) is 0 Å². The van der Waals surface area contributed by atoms with E-state index in [2.05, 4.69) is 53.6 Å². The highest BCUT2D eigenvalue weighted by molar-refractivity contribution is 6.30. The standard InChI is InChI=1S/C25H27ClN2O/c1-16-5-2-3-14-28(16)25(29)18-10-13-23-22(15-18)20-6-4-7-21(20)24(27-23)17-8-11-19(26)12-9-17/h4,6,8-13,15-16,20-21,24,27H,2-3,5,7,14H2,1H3/t16-,20-,21+,24-/m0/s1. The summed E-state index contributed by atoms with van der Waals surface area (Å²) in [6, 6.07) is 15.0. The Labute approximate surface area is 177 Å². The molecule has 3 aliphatic rings. The van der Waals surface area contributed by atoms with E-state index in [4.69, 9.17) is 11.6 Å². The molecule has 2 aromatic rings. The van der Waals surface area contributed by atoms with Gasteiger partial charge in [-0.2, -0.15) is 0 Å². The van der Waals surface area contributed by atoms with Crippen molar-refractivity contribution in [2.24, 2.45) is 5.92 Å². The molecular formula is C25H27ClN2O. The Balaban J connectivity index is 1.47. The van der Waals surface area contributed by atoms with Crippen LogP contribution < -0.4 is 5.32 Å². The number of anilines is 1. The molecule has 5 rings (SSSR count). The highest BCUT2D eigenvalue weighted by atomic mass is 35.5. The first-order chi connectivity index (χ1) is 14.1. The molecule has 29 heavy (non-hydrogen) atoms. The van der Waals surface area contributed by atoms with Crippen LogP contribution in [0.4, 0.5) is 5.69 Å². The first kappa shape index (κ1) is 18.7. The van der Waals surface area contributed by atoms with Crippen molar-refractivity contribution in [2.75, 3.05) is 11.9 Å². The van der Waals surface area contributed by atoms with E-state index in [1.807, 2.05) is 18.2 Å². The molecule has 1 N–H and O–H groups in total. The summed E-state index contributed by atoms with van der Waals surface area (Å²) in [4.78, 5) is 15.2. The minimum absolute atomic E-state index is 0.179. The number of rotatable bonds is 2. The van der Waals surface area contributed by atoms with Crippen LogP contribution in [-0.2, 0) is 0 Å². The molecule has 2 aromatic carbocycles. The van der Waals surface area contributed by atoms with Crippen LogP contribution in [0.25, 0.3) is 0 Å². The second-order valence-corrected chi connectivity index (χ2v) is 9.11. The van der Waals surface area contributed by atoms with Gasteiger partial charge in [0.1, 0.15) is 0 Å². The molecule has 2 heterocycles. The van der Waals surface area contributed by atoms with E-state index in [1.165, 1.54) is 17.5 Å². The third kappa shape index (κ3) is 3.36. The van der Waals surface area contributed by atoms with Gasteiger partial charge in [-0.1, -0.05) is 35.9 Å². The fourth-order valence-corrected chi connectivity index (χ4v) is 5.42. The lowest BCUT2D eigenvalue weighted by Crippen LogP contribution is -2.42. The molecule has 1 saturated heterocycles. The molecule has 1 amide bonds. The Hall–Kier alpha value is -2.26. The van der Waals surface area contributed by atoms with Crippen molar-refractivity contribution in [3.63, 3.8) is 0 Å². The predicted octanol–water partition coefficient (Wildman–Crippen LogP) is 6.18. The third-order valence-corrected chi connectivity index (χ3v) is 7.15. The summed E-state index contributed by atoms with van der Waals surface area (Å²) >= 11 is 6.10. The van der Waals surface area contributed by atoms with Gasteiger partial charge in [0.05, 0.1) is 6.04 Å². The largest absolute Gasteiger partial charge is 0.378 e. The topological polar surface area (TPSA) is 32.3 Å². The first-order valence-corrected chi connectivity index (χ1v) is 11.1. The second-order valence-electron chi connectivity index (χ2n) is 8.67. The summed E-state index contributed by atoms with van der Waals surface area (Å²) in [5, 5.41) is 4.52. The summed E-state index contributed by atoms with van der Waals surface area (Å²) in [6.45, 7) is 3.05. The third-order valence-electron chi connectivity index (χ3n) is 6.90. The zero-order chi connectivity index (χ0) is 20.0. The number of likely N-dealkylation sites (tertiary alicyclic amines) is 1. The first-order valence-electron chi connectivity index (χ1n) is 10.8. The van der Waals surface area contributed by atoms with Crippen LogP contribution >= 0.6 is 11.6 Å². The van der Waals surface area contributed by atoms with Crippen LogP contribution in [0.2, 0.25) is 5.02 Å². The number of nitrogens with one attached hydrogen (secondary N) is 1. The van der Waals surface area contributed by atoms with Crippen molar-refractivity contribution in [3.05, 3.63) is 76.3 Å². The number of carbonyl (C=O) groups is 1. The molecule has 0 bridgehead atoms. The van der Waals surface area contributed by atoms with Gasteiger partial charge in [-0.15, -0.1) is 0 Å². The molecule has 150 valence electrons. The number of benzene rings is 2. The number of nitrogens with zero attached hydrogens (tertiary/aromatic N) is 1. The van der Waals surface area contributed by atoms with Gasteiger partial charge in [0.25, 0.3) is 5.91 Å². The Kier molecular flexibility index (Phi) is 4.87. The highest BCUT2D eigenvalue weighted by Gasteiger charge is 2.38. The lowest BCUT2D eigenvalue weighted by Gasteiger charge is -2.38. The van der Waals surface area contributed by atoms with E-state index < -0.39 is 0 Å². The van der Waals surface area contributed by atoms with Gasteiger partial charge in [-0.25, -0.2) is 0 Å². The van der Waals surface area contributed by atoms with Crippen molar-refractivity contribution in [1.29, 1.82) is 0 Å². The maximum absolute atomic E-state index is 13.2. The average Bonchev–Trinajstić information content (AvgIpc) is 3.24. The predicted molar refractivity (Wildman–Crippen MR) is 119 cm³/mol. The lowest BCUT2D eigenvalue weighted by atomic mass is 9.76. The number of hydrogen-bond donors (Lipinski definition) is 1. The van der Waals surface area contributed by atoms with Crippen LogP contribution in [0, 0.1) is 5.92 Å². The van der Waals surface area contributed by atoms with E-state index in [0.29, 0.717) is 17.9 Å². The minimum Gasteiger partial charge on any atom is -0.378 e. The molecule has 0 radical (unpaired) electrons. The number of halogens is 1. The monoisotopic (exact) mass is 406 g/mol. The van der Waals surface area contributed by atoms with Crippen molar-refractivity contribution < 1.29 is 4.79 Å². The molecular weight excluding hydrogens is 380 g/mol. The van der Waals surface area contributed by atoms with Gasteiger partial charge in [0.15, 0.2) is 0 Å². The molecule has 1 fully saturated rings. The second kappa shape index (κ2) is 7.53. The summed E-state index contributed by atoms with van der Waals surface area (Å²) in [7, 11) is 0. The minimum atomic E-state index is 0.179. The van der Waals surface area contributed by atoms with Crippen LogP contribution in [0.1, 0.15) is 66.1 Å². The van der Waals surface area contributed by atoms with Gasteiger partial charge >= 0.3 is 0 Å². The molecule has 0 unspecified atom stereocenters. The molecule has 0 spiro atoms. The smallest absolute Gasteiger partial charge is 0.254 e. The van der Waals surface area contributed by atoms with Gasteiger partial charge < -0.3 is 10.2 Å². The van der Waals surface area contributed by atoms with Crippen LogP contribution in [-0.4, -0.2) is 23.4 Å². The summed E-state index contributed by atoms with van der Waals surface area (Å²) in [5.74, 6) is 0.986. The molecule has 4 atom stereocenters. The van der Waals surface area contributed by atoms with Crippen molar-refractivity contribution in [1.82, 2.24) is 4.90 Å². The highest BCUT2D eigenvalue weighted by Crippen LogP contribution is 2.50. The number of allylic oxidation sites excluding steroid dienone is 2. The number of fused-ring (bicyclic) bond motifs is 3.